The molecule has 0 radical (unpaired) electrons. The first-order valence-corrected chi connectivity index (χ1v) is 11.5. The number of fused-ring (bicyclic) bond motifs is 3. The molecule has 1 spiro atoms. The number of carbonyl (C=O) groups is 1. The average Bonchev–Trinajstić information content (AvgIpc) is 3.43. The van der Waals surface area contributed by atoms with Crippen molar-refractivity contribution in [1.29, 1.82) is 0 Å². The van der Waals surface area contributed by atoms with Crippen molar-refractivity contribution in [3.63, 3.8) is 0 Å². The second kappa shape index (κ2) is 8.02. The van der Waals surface area contributed by atoms with Crippen molar-refractivity contribution in [3.8, 4) is 0 Å². The van der Waals surface area contributed by atoms with E-state index in [1.54, 1.807) is 23.0 Å². The van der Waals surface area contributed by atoms with Crippen molar-refractivity contribution in [2.75, 3.05) is 49.7 Å². The van der Waals surface area contributed by atoms with E-state index in [-0.39, 0.29) is 5.91 Å². The first-order chi connectivity index (χ1) is 16.4. The van der Waals surface area contributed by atoms with Crippen molar-refractivity contribution in [3.05, 3.63) is 53.5 Å². The van der Waals surface area contributed by atoms with Crippen LogP contribution in [0.2, 0.25) is 0 Å². The average molecular weight is 466 g/mol. The van der Waals surface area contributed by atoms with Gasteiger partial charge in [0.25, 0.3) is 5.91 Å². The van der Waals surface area contributed by atoms with Gasteiger partial charge in [0, 0.05) is 25.5 Å². The number of hydrogen-bond donors (Lipinski definition) is 1. The normalized spacial score (nSPS) is 21.1. The molecule has 1 aromatic carbocycles. The van der Waals surface area contributed by atoms with Crippen LogP contribution in [0.3, 0.4) is 0 Å². The minimum atomic E-state index is -0.652. The number of benzene rings is 1. The minimum Gasteiger partial charge on any atom is -0.378 e. The Morgan fingerprint density at radius 2 is 1.91 bits per heavy atom. The fourth-order valence-corrected chi connectivity index (χ4v) is 4.72. The van der Waals surface area contributed by atoms with Gasteiger partial charge >= 0.3 is 0 Å². The molecule has 2 saturated heterocycles. The van der Waals surface area contributed by atoms with Crippen LogP contribution in [0.15, 0.2) is 36.8 Å². The molecule has 3 aromatic rings. The van der Waals surface area contributed by atoms with Gasteiger partial charge in [-0.15, -0.1) is 0 Å². The molecular formula is C24H27N5O5. The van der Waals surface area contributed by atoms with Gasteiger partial charge in [0.05, 0.1) is 50.6 Å². The van der Waals surface area contributed by atoms with Gasteiger partial charge in [-0.1, -0.05) is 0 Å². The molecule has 2 aromatic heterocycles. The summed E-state index contributed by atoms with van der Waals surface area (Å²) < 4.78 is 25.3. The molecule has 0 saturated carbocycles. The zero-order valence-corrected chi connectivity index (χ0v) is 19.2. The molecule has 178 valence electrons. The van der Waals surface area contributed by atoms with Crippen molar-refractivity contribution in [2.24, 2.45) is 0 Å². The van der Waals surface area contributed by atoms with Crippen LogP contribution in [0, 0.1) is 0 Å². The number of amides is 1. The van der Waals surface area contributed by atoms with Crippen LogP contribution in [0.5, 0.6) is 0 Å². The summed E-state index contributed by atoms with van der Waals surface area (Å²) in [6, 6.07) is 5.89. The molecule has 5 heterocycles. The predicted octanol–water partition coefficient (Wildman–Crippen LogP) is 2.33. The highest BCUT2D eigenvalue weighted by Crippen LogP contribution is 2.45. The Bertz CT molecular complexity index is 1240. The summed E-state index contributed by atoms with van der Waals surface area (Å²) in [7, 11) is 0. The molecular weight excluding hydrogens is 438 g/mol. The quantitative estimate of drug-likeness (QED) is 0.629. The summed E-state index contributed by atoms with van der Waals surface area (Å²) in [5, 5.41) is 7.34. The maximum atomic E-state index is 13.3. The summed E-state index contributed by atoms with van der Waals surface area (Å²) in [5.74, 6) is -0.899. The zero-order valence-electron chi connectivity index (χ0n) is 19.2. The van der Waals surface area contributed by atoms with Gasteiger partial charge in [-0.05, 0) is 43.2 Å². The first-order valence-electron chi connectivity index (χ1n) is 11.5. The van der Waals surface area contributed by atoms with Gasteiger partial charge in [0.15, 0.2) is 11.4 Å². The molecule has 0 atom stereocenters. The molecule has 1 N–H and O–H groups in total. The van der Waals surface area contributed by atoms with Crippen LogP contribution >= 0.6 is 0 Å². The summed E-state index contributed by atoms with van der Waals surface area (Å²) in [5.41, 5.74) is 3.97. The molecule has 0 aliphatic carbocycles. The Morgan fingerprint density at radius 1 is 1.12 bits per heavy atom. The van der Waals surface area contributed by atoms with E-state index < -0.39 is 11.4 Å². The van der Waals surface area contributed by atoms with Gasteiger partial charge in [0.2, 0.25) is 0 Å². The second-order valence-corrected chi connectivity index (χ2v) is 9.29. The highest BCUT2D eigenvalue weighted by molar-refractivity contribution is 6.09. The van der Waals surface area contributed by atoms with Crippen LogP contribution in [0.4, 0.5) is 11.4 Å². The molecule has 3 aliphatic heterocycles. The SMILES string of the molecule is CC1(C)OCC2(CO1)OCc1cc(NC(=O)c3cnn4cccnc34)c(N3CCOCC3)cc12. The predicted molar refractivity (Wildman–Crippen MR) is 123 cm³/mol. The molecule has 1 amide bonds. The summed E-state index contributed by atoms with van der Waals surface area (Å²) in [4.78, 5) is 19.8. The molecule has 6 rings (SSSR count). The van der Waals surface area contributed by atoms with Gasteiger partial charge in [-0.25, -0.2) is 9.50 Å². The Kier molecular flexibility index (Phi) is 5.07. The lowest BCUT2D eigenvalue weighted by Crippen LogP contribution is -2.49. The van der Waals surface area contributed by atoms with E-state index in [9.17, 15) is 4.79 Å². The highest BCUT2D eigenvalue weighted by atomic mass is 16.7. The van der Waals surface area contributed by atoms with E-state index in [1.807, 2.05) is 19.9 Å². The minimum absolute atomic E-state index is 0.261. The number of morpholine rings is 1. The van der Waals surface area contributed by atoms with E-state index in [1.165, 1.54) is 6.20 Å². The highest BCUT2D eigenvalue weighted by Gasteiger charge is 2.47. The van der Waals surface area contributed by atoms with E-state index >= 15 is 0 Å². The second-order valence-electron chi connectivity index (χ2n) is 9.29. The summed E-state index contributed by atoms with van der Waals surface area (Å²) >= 11 is 0. The lowest BCUT2D eigenvalue weighted by atomic mass is 9.91. The standard InChI is InChI=1S/C24H27N5O5/c1-23(2)33-14-24(15-34-23)18-11-20(28-6-8-31-9-7-28)19(10-16(18)13-32-24)27-22(30)17-12-26-29-5-3-4-25-21(17)29/h3-5,10-12H,6-9,13-15H2,1-2H3,(H,27,30). The van der Waals surface area contributed by atoms with E-state index in [0.29, 0.717) is 44.2 Å². The Morgan fingerprint density at radius 3 is 2.71 bits per heavy atom. The van der Waals surface area contributed by atoms with Crippen LogP contribution in [0.25, 0.3) is 5.65 Å². The third-order valence-corrected chi connectivity index (χ3v) is 6.65. The molecule has 3 aliphatic rings. The van der Waals surface area contributed by atoms with Crippen LogP contribution in [-0.2, 0) is 31.2 Å². The number of hydrogen-bond acceptors (Lipinski definition) is 8. The smallest absolute Gasteiger partial charge is 0.261 e. The van der Waals surface area contributed by atoms with Crippen LogP contribution in [0.1, 0.15) is 35.3 Å². The van der Waals surface area contributed by atoms with E-state index in [4.69, 9.17) is 18.9 Å². The molecule has 10 heteroatoms. The van der Waals surface area contributed by atoms with Crippen molar-refractivity contribution in [2.45, 2.75) is 31.8 Å². The van der Waals surface area contributed by atoms with Gasteiger partial charge in [-0.2, -0.15) is 5.10 Å². The van der Waals surface area contributed by atoms with Crippen molar-refractivity contribution >= 4 is 22.9 Å². The number of rotatable bonds is 3. The Labute approximate surface area is 196 Å². The molecule has 34 heavy (non-hydrogen) atoms. The Balaban J connectivity index is 1.37. The van der Waals surface area contributed by atoms with Gasteiger partial charge in [0.1, 0.15) is 11.2 Å². The summed E-state index contributed by atoms with van der Waals surface area (Å²) in [6.07, 6.45) is 4.95. The monoisotopic (exact) mass is 465 g/mol. The third-order valence-electron chi connectivity index (χ3n) is 6.65. The third kappa shape index (κ3) is 3.63. The largest absolute Gasteiger partial charge is 0.378 e. The van der Waals surface area contributed by atoms with Crippen molar-refractivity contribution in [1.82, 2.24) is 14.6 Å². The molecule has 0 bridgehead atoms. The molecule has 0 unspecified atom stereocenters. The van der Waals surface area contributed by atoms with Gasteiger partial charge in [-0.3, -0.25) is 4.79 Å². The zero-order chi connectivity index (χ0) is 23.3. The first kappa shape index (κ1) is 21.5. The van der Waals surface area contributed by atoms with E-state index in [2.05, 4.69) is 26.4 Å². The fraction of sp³-hybridized carbons (Fsp3) is 0.458. The number of aromatic nitrogens is 3. The Hall–Kier alpha value is -3.05. The number of nitrogens with one attached hydrogen (secondary N) is 1. The molecule has 2 fully saturated rings. The number of nitrogens with zero attached hydrogens (tertiary/aromatic N) is 4. The fourth-order valence-electron chi connectivity index (χ4n) is 4.72. The van der Waals surface area contributed by atoms with E-state index in [0.717, 1.165) is 35.6 Å². The maximum absolute atomic E-state index is 13.3. The molecule has 10 nitrogen and oxygen atoms in total. The summed E-state index contributed by atoms with van der Waals surface area (Å²) in [6.45, 7) is 7.78. The lowest BCUT2D eigenvalue weighted by molar-refractivity contribution is -0.311. The number of anilines is 2. The van der Waals surface area contributed by atoms with Crippen LogP contribution in [-0.4, -0.2) is 65.8 Å². The number of carbonyl (C=O) groups excluding carboxylic acids is 1. The maximum Gasteiger partial charge on any atom is 0.261 e. The number of ether oxygens (including phenoxy) is 4. The van der Waals surface area contributed by atoms with Crippen LogP contribution < -0.4 is 10.2 Å². The van der Waals surface area contributed by atoms with Crippen molar-refractivity contribution < 1.29 is 23.7 Å². The topological polar surface area (TPSA) is 99.5 Å². The lowest BCUT2D eigenvalue weighted by Gasteiger charge is -2.41. The van der Waals surface area contributed by atoms with Gasteiger partial charge < -0.3 is 29.2 Å².